The van der Waals surface area contributed by atoms with Gasteiger partial charge in [0.15, 0.2) is 0 Å². The summed E-state index contributed by atoms with van der Waals surface area (Å²) in [6, 6.07) is 19.1. The Bertz CT molecular complexity index is 1580. The second-order valence-corrected chi connectivity index (χ2v) is 10.3. The Hall–Kier alpha value is -3.81. The summed E-state index contributed by atoms with van der Waals surface area (Å²) in [5.74, 6) is 0.852. The number of nitrogens with one attached hydrogen (secondary N) is 1. The van der Waals surface area contributed by atoms with E-state index < -0.39 is 0 Å². The maximum atomic E-state index is 6.13. The van der Waals surface area contributed by atoms with Crippen molar-refractivity contribution in [2.45, 2.75) is 20.4 Å². The molecule has 1 aliphatic rings. The summed E-state index contributed by atoms with van der Waals surface area (Å²) in [7, 11) is 1.69. The highest BCUT2D eigenvalue weighted by Gasteiger charge is 2.19. The van der Waals surface area contributed by atoms with Gasteiger partial charge in [-0.2, -0.15) is 5.10 Å². The van der Waals surface area contributed by atoms with E-state index >= 15 is 0 Å². The van der Waals surface area contributed by atoms with E-state index in [0.29, 0.717) is 6.54 Å². The van der Waals surface area contributed by atoms with Gasteiger partial charge in [-0.15, -0.1) is 0 Å². The fourth-order valence-corrected chi connectivity index (χ4v) is 5.51. The zero-order chi connectivity index (χ0) is 26.2. The molecule has 0 bridgehead atoms. The van der Waals surface area contributed by atoms with Crippen molar-refractivity contribution in [2.75, 3.05) is 38.2 Å². The van der Waals surface area contributed by atoms with Crippen molar-refractivity contribution in [3.8, 4) is 28.0 Å². The van der Waals surface area contributed by atoms with Gasteiger partial charge in [-0.3, -0.25) is 4.68 Å². The van der Waals surface area contributed by atoms with Crippen LogP contribution in [0.4, 0.5) is 5.69 Å². The monoisotopic (exact) mass is 526 g/mol. The van der Waals surface area contributed by atoms with Crippen LogP contribution in [0.3, 0.4) is 0 Å². The standard InChI is InChI=1S/C30H31ClN6O/c1-20-29(21(2)37(34-20)19-22-5-4-6-26(15-22)38-3)28-18-33-30-27(28)16-24(17-32-30)23-7-9-25(10-8-23)35-11-13-36(31)14-12-35/h4-10,15-18H,11-14,19H2,1-3H3,(H,32,33). The minimum Gasteiger partial charge on any atom is -0.497 e. The fraction of sp³-hybridized carbons (Fsp3) is 0.267. The molecule has 3 aromatic heterocycles. The first-order chi connectivity index (χ1) is 18.5. The van der Waals surface area contributed by atoms with E-state index in [-0.39, 0.29) is 0 Å². The molecule has 8 heteroatoms. The fourth-order valence-electron chi connectivity index (χ4n) is 5.36. The number of benzene rings is 2. The largest absolute Gasteiger partial charge is 0.497 e. The summed E-state index contributed by atoms with van der Waals surface area (Å²) in [6.07, 6.45) is 3.99. The molecule has 5 aromatic rings. The zero-order valence-electron chi connectivity index (χ0n) is 21.9. The number of nitrogens with zero attached hydrogens (tertiary/aromatic N) is 5. The van der Waals surface area contributed by atoms with Gasteiger partial charge in [-0.05, 0) is 67.1 Å². The lowest BCUT2D eigenvalue weighted by Gasteiger charge is -2.32. The second-order valence-electron chi connectivity index (χ2n) is 9.82. The third-order valence-corrected chi connectivity index (χ3v) is 7.78. The molecule has 1 fully saturated rings. The van der Waals surface area contributed by atoms with Crippen molar-refractivity contribution in [3.63, 3.8) is 0 Å². The number of rotatable bonds is 6. The summed E-state index contributed by atoms with van der Waals surface area (Å²) in [5, 5.41) is 5.98. The molecule has 38 heavy (non-hydrogen) atoms. The van der Waals surface area contributed by atoms with Gasteiger partial charge in [-0.1, -0.05) is 24.3 Å². The van der Waals surface area contributed by atoms with E-state index in [9.17, 15) is 0 Å². The predicted molar refractivity (Wildman–Crippen MR) is 154 cm³/mol. The van der Waals surface area contributed by atoms with Crippen molar-refractivity contribution in [2.24, 2.45) is 0 Å². The number of H-pyrrole nitrogens is 1. The molecule has 0 unspecified atom stereocenters. The predicted octanol–water partition coefficient (Wildman–Crippen LogP) is 6.04. The molecule has 0 radical (unpaired) electrons. The Balaban J connectivity index is 1.31. The van der Waals surface area contributed by atoms with Crippen LogP contribution in [0.2, 0.25) is 0 Å². The molecule has 0 spiro atoms. The maximum absolute atomic E-state index is 6.13. The Morgan fingerprint density at radius 1 is 0.974 bits per heavy atom. The Labute approximate surface area is 227 Å². The highest BCUT2D eigenvalue weighted by Crippen LogP contribution is 2.35. The molecule has 1 saturated heterocycles. The SMILES string of the molecule is COc1cccc(Cn2nc(C)c(-c3c[nH]c4ncc(-c5ccc(N6CCN(Cl)CC6)cc5)cc34)c2C)c1. The minimum absolute atomic E-state index is 0.683. The van der Waals surface area contributed by atoms with Gasteiger partial charge in [0.25, 0.3) is 0 Å². The molecule has 0 atom stereocenters. The van der Waals surface area contributed by atoms with E-state index in [1.165, 1.54) is 5.69 Å². The van der Waals surface area contributed by atoms with Crippen LogP contribution >= 0.6 is 11.8 Å². The number of anilines is 1. The van der Waals surface area contributed by atoms with E-state index in [1.807, 2.05) is 28.9 Å². The van der Waals surface area contributed by atoms with Crippen LogP contribution in [-0.2, 0) is 6.54 Å². The molecular weight excluding hydrogens is 496 g/mol. The molecule has 4 heterocycles. The number of hydrogen-bond donors (Lipinski definition) is 1. The molecule has 7 nitrogen and oxygen atoms in total. The van der Waals surface area contributed by atoms with Gasteiger partial charge in [0.2, 0.25) is 0 Å². The smallest absolute Gasteiger partial charge is 0.137 e. The van der Waals surface area contributed by atoms with Crippen LogP contribution in [0.15, 0.2) is 67.0 Å². The summed E-state index contributed by atoms with van der Waals surface area (Å²) >= 11 is 6.13. The number of halogens is 1. The maximum Gasteiger partial charge on any atom is 0.137 e. The van der Waals surface area contributed by atoms with Crippen LogP contribution in [0.1, 0.15) is 17.0 Å². The van der Waals surface area contributed by atoms with Crippen LogP contribution in [-0.4, -0.2) is 57.5 Å². The highest BCUT2D eigenvalue weighted by atomic mass is 35.5. The number of aryl methyl sites for hydroxylation is 1. The van der Waals surface area contributed by atoms with E-state index in [2.05, 4.69) is 70.9 Å². The molecular formula is C30H31ClN6O. The summed E-state index contributed by atoms with van der Waals surface area (Å²) in [4.78, 5) is 10.5. The van der Waals surface area contributed by atoms with Crippen LogP contribution in [0, 0.1) is 13.8 Å². The molecule has 2 aromatic carbocycles. The van der Waals surface area contributed by atoms with Crippen molar-refractivity contribution in [1.29, 1.82) is 0 Å². The molecule has 6 rings (SSSR count). The number of fused-ring (bicyclic) bond motifs is 1. The normalized spacial score (nSPS) is 14.4. The number of hydrogen-bond acceptors (Lipinski definition) is 5. The van der Waals surface area contributed by atoms with Crippen molar-refractivity contribution in [3.05, 3.63) is 83.9 Å². The van der Waals surface area contributed by atoms with Crippen molar-refractivity contribution >= 4 is 28.5 Å². The Morgan fingerprint density at radius 2 is 1.76 bits per heavy atom. The third-order valence-electron chi connectivity index (χ3n) is 7.44. The van der Waals surface area contributed by atoms with Crippen LogP contribution < -0.4 is 9.64 Å². The lowest BCUT2D eigenvalue weighted by molar-refractivity contribution is 0.414. The first kappa shape index (κ1) is 24.5. The van der Waals surface area contributed by atoms with Gasteiger partial charge in [0.05, 0.1) is 19.3 Å². The first-order valence-corrected chi connectivity index (χ1v) is 13.2. The quantitative estimate of drug-likeness (QED) is 0.273. The second kappa shape index (κ2) is 10.2. The summed E-state index contributed by atoms with van der Waals surface area (Å²) < 4.78 is 9.32. The van der Waals surface area contributed by atoms with E-state index in [1.54, 1.807) is 7.11 Å². The summed E-state index contributed by atoms with van der Waals surface area (Å²) in [6.45, 7) is 8.50. The summed E-state index contributed by atoms with van der Waals surface area (Å²) in [5.41, 5.74) is 9.88. The number of piperazine rings is 1. The number of ether oxygens (including phenoxy) is 1. The van der Waals surface area contributed by atoms with Crippen LogP contribution in [0.5, 0.6) is 5.75 Å². The lowest BCUT2D eigenvalue weighted by atomic mass is 10.0. The van der Waals surface area contributed by atoms with Gasteiger partial charge in [-0.25, -0.2) is 9.40 Å². The average molecular weight is 527 g/mol. The van der Waals surface area contributed by atoms with Crippen molar-refractivity contribution in [1.82, 2.24) is 24.2 Å². The topological polar surface area (TPSA) is 62.2 Å². The van der Waals surface area contributed by atoms with Gasteiger partial charge in [0.1, 0.15) is 11.4 Å². The Kier molecular flexibility index (Phi) is 6.55. The molecule has 194 valence electrons. The minimum atomic E-state index is 0.683. The van der Waals surface area contributed by atoms with Gasteiger partial charge < -0.3 is 14.6 Å². The lowest BCUT2D eigenvalue weighted by Crippen LogP contribution is -2.42. The number of aromatic amines is 1. The molecule has 1 aliphatic heterocycles. The highest BCUT2D eigenvalue weighted by molar-refractivity contribution is 6.13. The van der Waals surface area contributed by atoms with E-state index in [4.69, 9.17) is 26.6 Å². The first-order valence-electron chi connectivity index (χ1n) is 12.9. The number of methoxy groups -OCH3 is 1. The third kappa shape index (κ3) is 4.64. The molecule has 0 amide bonds. The van der Waals surface area contributed by atoms with Gasteiger partial charge in [0, 0.05) is 72.0 Å². The van der Waals surface area contributed by atoms with Gasteiger partial charge >= 0.3 is 0 Å². The molecule has 1 N–H and O–H groups in total. The number of aromatic nitrogens is 4. The molecule has 0 saturated carbocycles. The Morgan fingerprint density at radius 3 is 2.53 bits per heavy atom. The van der Waals surface area contributed by atoms with Crippen molar-refractivity contribution < 1.29 is 4.74 Å². The molecule has 0 aliphatic carbocycles. The average Bonchev–Trinajstić information content (AvgIpc) is 3.48. The van der Waals surface area contributed by atoms with E-state index in [0.717, 1.165) is 82.2 Å². The zero-order valence-corrected chi connectivity index (χ0v) is 22.7. The number of pyridine rings is 1. The van der Waals surface area contributed by atoms with Crippen LogP contribution in [0.25, 0.3) is 33.3 Å².